The lowest BCUT2D eigenvalue weighted by Crippen LogP contribution is -2.32. The fraction of sp³-hybridized carbons (Fsp3) is 0.500. The van der Waals surface area contributed by atoms with Crippen molar-refractivity contribution in [1.82, 2.24) is 0 Å². The van der Waals surface area contributed by atoms with Gasteiger partial charge in [-0.2, -0.15) is 0 Å². The average molecular weight is 244 g/mol. The van der Waals surface area contributed by atoms with E-state index in [9.17, 15) is 0 Å². The molecule has 0 nitrogen and oxygen atoms in total. The highest BCUT2D eigenvalue weighted by Crippen LogP contribution is 2.41. The third-order valence-electron chi connectivity index (χ3n) is 4.66. The first-order valence-electron chi connectivity index (χ1n) is 6.60. The van der Waals surface area contributed by atoms with Gasteiger partial charge in [0.25, 0.3) is 0 Å². The minimum Gasteiger partial charge on any atom is -0.0805 e. The van der Waals surface area contributed by atoms with Crippen molar-refractivity contribution in [3.63, 3.8) is 0 Å². The fourth-order valence-corrected chi connectivity index (χ4v) is 6.99. The summed E-state index contributed by atoms with van der Waals surface area (Å²) in [4.78, 5) is 0. The third-order valence-corrected chi connectivity index (χ3v) is 8.51. The highest BCUT2D eigenvalue weighted by Gasteiger charge is 2.35. The van der Waals surface area contributed by atoms with E-state index in [0.717, 1.165) is 0 Å². The summed E-state index contributed by atoms with van der Waals surface area (Å²) in [6, 6.07) is 0. The van der Waals surface area contributed by atoms with E-state index in [1.807, 2.05) is 0 Å². The normalized spacial score (nSPS) is 21.3. The fourth-order valence-electron chi connectivity index (χ4n) is 3.18. The van der Waals surface area contributed by atoms with Crippen molar-refractivity contribution < 1.29 is 0 Å². The van der Waals surface area contributed by atoms with Gasteiger partial charge in [-0.25, -0.2) is 0 Å². The molecule has 0 fully saturated rings. The minimum atomic E-state index is -1.44. The standard InChI is InChI=1S/C16H24Si/c1-11-7-9-15(13(11)3)17(5,6)16-10-8-12(2)14(16)4/h9-10H,7-8H2,1-6H3. The van der Waals surface area contributed by atoms with Gasteiger partial charge in [0, 0.05) is 0 Å². The molecule has 92 valence electrons. The first-order chi connectivity index (χ1) is 7.85. The molecule has 0 amide bonds. The van der Waals surface area contributed by atoms with Gasteiger partial charge in [0.05, 0.1) is 0 Å². The van der Waals surface area contributed by atoms with Crippen LogP contribution >= 0.6 is 0 Å². The molecule has 0 aromatic heterocycles. The van der Waals surface area contributed by atoms with Crippen LogP contribution in [0.3, 0.4) is 0 Å². The molecule has 0 N–H and O–H groups in total. The predicted octanol–water partition coefficient (Wildman–Crippen LogP) is 5.11. The van der Waals surface area contributed by atoms with E-state index in [2.05, 4.69) is 52.9 Å². The minimum absolute atomic E-state index is 1.17. The monoisotopic (exact) mass is 244 g/mol. The van der Waals surface area contributed by atoms with Crippen LogP contribution < -0.4 is 0 Å². The summed E-state index contributed by atoms with van der Waals surface area (Å²) in [7, 11) is -1.44. The lowest BCUT2D eigenvalue weighted by atomic mass is 10.2. The van der Waals surface area contributed by atoms with Gasteiger partial charge in [0.2, 0.25) is 0 Å². The number of rotatable bonds is 2. The predicted molar refractivity (Wildman–Crippen MR) is 79.6 cm³/mol. The summed E-state index contributed by atoms with van der Waals surface area (Å²) in [5, 5.41) is 3.35. The maximum absolute atomic E-state index is 2.51. The largest absolute Gasteiger partial charge is 0.112 e. The van der Waals surface area contributed by atoms with Gasteiger partial charge >= 0.3 is 0 Å². The summed E-state index contributed by atoms with van der Waals surface area (Å²) >= 11 is 0. The highest BCUT2D eigenvalue weighted by atomic mass is 28.3. The smallest absolute Gasteiger partial charge is 0.0805 e. The van der Waals surface area contributed by atoms with Gasteiger partial charge in [-0.1, -0.05) is 57.9 Å². The summed E-state index contributed by atoms with van der Waals surface area (Å²) < 4.78 is 0. The van der Waals surface area contributed by atoms with E-state index in [1.54, 1.807) is 32.7 Å². The first-order valence-corrected chi connectivity index (χ1v) is 9.60. The van der Waals surface area contributed by atoms with Crippen molar-refractivity contribution in [2.45, 2.75) is 53.6 Å². The molecule has 1 heteroatoms. The van der Waals surface area contributed by atoms with Crippen molar-refractivity contribution in [3.8, 4) is 0 Å². The Kier molecular flexibility index (Phi) is 3.07. The molecule has 0 spiro atoms. The van der Waals surface area contributed by atoms with Gasteiger partial charge in [0.15, 0.2) is 0 Å². The Bertz CT molecular complexity index is 438. The summed E-state index contributed by atoms with van der Waals surface area (Å²) in [6.07, 6.45) is 7.32. The van der Waals surface area contributed by atoms with Crippen molar-refractivity contribution in [2.24, 2.45) is 0 Å². The second kappa shape index (κ2) is 4.13. The Labute approximate surface area is 107 Å². The topological polar surface area (TPSA) is 0 Å². The van der Waals surface area contributed by atoms with Gasteiger partial charge in [-0.05, 0) is 40.5 Å². The first kappa shape index (κ1) is 12.6. The van der Waals surface area contributed by atoms with Crippen molar-refractivity contribution >= 4 is 8.07 Å². The van der Waals surface area contributed by atoms with Gasteiger partial charge in [-0.3, -0.25) is 0 Å². The quantitative estimate of drug-likeness (QED) is 0.592. The van der Waals surface area contributed by atoms with Crippen LogP contribution in [-0.4, -0.2) is 8.07 Å². The molecule has 0 unspecified atom stereocenters. The van der Waals surface area contributed by atoms with Gasteiger partial charge < -0.3 is 0 Å². The van der Waals surface area contributed by atoms with Crippen molar-refractivity contribution in [2.75, 3.05) is 0 Å². The molecule has 0 aromatic carbocycles. The molecular formula is C16H24Si. The number of hydrogen-bond acceptors (Lipinski definition) is 0. The Morgan fingerprint density at radius 2 is 1.12 bits per heavy atom. The molecule has 0 aromatic rings. The van der Waals surface area contributed by atoms with E-state index in [4.69, 9.17) is 0 Å². The SMILES string of the molecule is CC1=C(C)C([Si](C)(C)C2=CCC(C)=C2C)=CC1. The van der Waals surface area contributed by atoms with E-state index in [-0.39, 0.29) is 0 Å². The van der Waals surface area contributed by atoms with Crippen LogP contribution in [-0.2, 0) is 0 Å². The molecule has 0 heterocycles. The van der Waals surface area contributed by atoms with E-state index >= 15 is 0 Å². The second-order valence-electron chi connectivity index (χ2n) is 6.08. The van der Waals surface area contributed by atoms with Crippen molar-refractivity contribution in [1.29, 1.82) is 0 Å². The molecule has 0 aliphatic heterocycles. The van der Waals surface area contributed by atoms with Crippen LogP contribution in [0.15, 0.2) is 44.8 Å². The summed E-state index contributed by atoms with van der Waals surface area (Å²) in [5.41, 5.74) is 6.27. The lowest BCUT2D eigenvalue weighted by molar-refractivity contribution is 1.22. The van der Waals surface area contributed by atoms with Gasteiger partial charge in [-0.15, -0.1) is 0 Å². The Balaban J connectivity index is 2.40. The zero-order chi connectivity index (χ0) is 12.8. The van der Waals surface area contributed by atoms with Crippen molar-refractivity contribution in [3.05, 3.63) is 44.8 Å². The molecule has 2 aliphatic carbocycles. The van der Waals surface area contributed by atoms with E-state index in [0.29, 0.717) is 0 Å². The zero-order valence-electron chi connectivity index (χ0n) is 12.1. The summed E-state index contributed by atoms with van der Waals surface area (Å²) in [5.74, 6) is 0. The van der Waals surface area contributed by atoms with Crippen LogP contribution in [0, 0.1) is 0 Å². The van der Waals surface area contributed by atoms with Crippen LogP contribution in [0.2, 0.25) is 13.1 Å². The maximum Gasteiger partial charge on any atom is 0.112 e. The van der Waals surface area contributed by atoms with E-state index in [1.165, 1.54) is 12.8 Å². The zero-order valence-corrected chi connectivity index (χ0v) is 13.1. The van der Waals surface area contributed by atoms with Gasteiger partial charge in [0.1, 0.15) is 8.07 Å². The van der Waals surface area contributed by atoms with Crippen LogP contribution in [0.4, 0.5) is 0 Å². The number of hydrogen-bond donors (Lipinski definition) is 0. The molecule has 0 atom stereocenters. The molecule has 17 heavy (non-hydrogen) atoms. The molecule has 0 radical (unpaired) electrons. The Morgan fingerprint density at radius 3 is 1.35 bits per heavy atom. The average Bonchev–Trinajstić information content (AvgIpc) is 2.75. The van der Waals surface area contributed by atoms with Crippen LogP contribution in [0.5, 0.6) is 0 Å². The third kappa shape index (κ3) is 1.91. The molecule has 2 aliphatic rings. The summed E-state index contributed by atoms with van der Waals surface area (Å²) in [6.45, 7) is 14.2. The van der Waals surface area contributed by atoms with Crippen LogP contribution in [0.25, 0.3) is 0 Å². The molecular weight excluding hydrogens is 220 g/mol. The Morgan fingerprint density at radius 1 is 0.765 bits per heavy atom. The molecule has 0 saturated heterocycles. The lowest BCUT2D eigenvalue weighted by Gasteiger charge is -2.28. The van der Waals surface area contributed by atoms with Crippen LogP contribution in [0.1, 0.15) is 40.5 Å². The molecule has 0 saturated carbocycles. The molecule has 2 rings (SSSR count). The second-order valence-corrected chi connectivity index (χ2v) is 10.4. The Hall–Kier alpha value is -0.823. The number of allylic oxidation sites excluding steroid dienone is 8. The maximum atomic E-state index is 2.51. The van der Waals surface area contributed by atoms with E-state index < -0.39 is 8.07 Å². The molecule has 0 bridgehead atoms. The highest BCUT2D eigenvalue weighted by molar-refractivity contribution is 6.92.